The maximum Gasteiger partial charge on any atom is 0.261 e. The second-order valence-corrected chi connectivity index (χ2v) is 5.83. The summed E-state index contributed by atoms with van der Waals surface area (Å²) in [5.41, 5.74) is 2.07. The van der Waals surface area contributed by atoms with Crippen molar-refractivity contribution in [3.63, 3.8) is 0 Å². The van der Waals surface area contributed by atoms with Gasteiger partial charge < -0.3 is 10.4 Å². The fraction of sp³-hybridized carbons (Fsp3) is 0.312. The molecule has 1 amide bonds. The number of rotatable bonds is 5. The Kier molecular flexibility index (Phi) is 4.93. The first-order valence-electron chi connectivity index (χ1n) is 6.71. The molecule has 106 valence electrons. The van der Waals surface area contributed by atoms with Gasteiger partial charge in [0, 0.05) is 4.88 Å². The summed E-state index contributed by atoms with van der Waals surface area (Å²) in [6.07, 6.45) is 0.936. The maximum absolute atomic E-state index is 12.3. The van der Waals surface area contributed by atoms with Crippen LogP contribution >= 0.6 is 11.3 Å². The van der Waals surface area contributed by atoms with Gasteiger partial charge in [-0.15, -0.1) is 11.3 Å². The SMILES string of the molecule is CCc1sc(C(=O)N[C@H](CO)c2ccccc2)cc1C. The molecule has 2 aromatic rings. The highest BCUT2D eigenvalue weighted by molar-refractivity contribution is 7.14. The Labute approximate surface area is 123 Å². The van der Waals surface area contributed by atoms with E-state index in [-0.39, 0.29) is 18.6 Å². The fourth-order valence-corrected chi connectivity index (χ4v) is 3.15. The smallest absolute Gasteiger partial charge is 0.261 e. The molecule has 0 fully saturated rings. The number of hydrogen-bond donors (Lipinski definition) is 2. The van der Waals surface area contributed by atoms with Crippen LogP contribution in [0.3, 0.4) is 0 Å². The highest BCUT2D eigenvalue weighted by atomic mass is 32.1. The van der Waals surface area contributed by atoms with Crippen molar-refractivity contribution >= 4 is 17.2 Å². The van der Waals surface area contributed by atoms with E-state index < -0.39 is 0 Å². The van der Waals surface area contributed by atoms with Gasteiger partial charge in [0.25, 0.3) is 5.91 Å². The summed E-state index contributed by atoms with van der Waals surface area (Å²) in [4.78, 5) is 14.2. The van der Waals surface area contributed by atoms with E-state index in [1.165, 1.54) is 16.2 Å². The summed E-state index contributed by atoms with van der Waals surface area (Å²) < 4.78 is 0. The normalized spacial score (nSPS) is 12.2. The Hall–Kier alpha value is -1.65. The first kappa shape index (κ1) is 14.8. The summed E-state index contributed by atoms with van der Waals surface area (Å²) in [7, 11) is 0. The molecule has 0 saturated carbocycles. The molecule has 1 aromatic heterocycles. The van der Waals surface area contributed by atoms with Gasteiger partial charge in [0.2, 0.25) is 0 Å². The molecule has 0 aliphatic carbocycles. The molecular weight excluding hydrogens is 270 g/mol. The number of aryl methyl sites for hydroxylation is 2. The number of thiophene rings is 1. The summed E-state index contributed by atoms with van der Waals surface area (Å²) in [6.45, 7) is 3.99. The Morgan fingerprint density at radius 3 is 2.60 bits per heavy atom. The Morgan fingerprint density at radius 1 is 1.35 bits per heavy atom. The van der Waals surface area contributed by atoms with Gasteiger partial charge in [-0.05, 0) is 30.5 Å². The van der Waals surface area contributed by atoms with Crippen molar-refractivity contribution in [2.24, 2.45) is 0 Å². The van der Waals surface area contributed by atoms with Crippen molar-refractivity contribution in [3.05, 3.63) is 57.3 Å². The molecule has 0 aliphatic heterocycles. The van der Waals surface area contributed by atoms with E-state index in [2.05, 4.69) is 12.2 Å². The zero-order valence-electron chi connectivity index (χ0n) is 11.7. The van der Waals surface area contributed by atoms with Crippen molar-refractivity contribution in [2.75, 3.05) is 6.61 Å². The van der Waals surface area contributed by atoms with Crippen LogP contribution in [0.5, 0.6) is 0 Å². The quantitative estimate of drug-likeness (QED) is 0.888. The van der Waals surface area contributed by atoms with Gasteiger partial charge in [0.1, 0.15) is 0 Å². The lowest BCUT2D eigenvalue weighted by molar-refractivity contribution is 0.0920. The molecule has 20 heavy (non-hydrogen) atoms. The number of aliphatic hydroxyl groups is 1. The first-order valence-corrected chi connectivity index (χ1v) is 7.53. The molecule has 0 saturated heterocycles. The van der Waals surface area contributed by atoms with Crippen LogP contribution < -0.4 is 5.32 Å². The maximum atomic E-state index is 12.3. The number of carbonyl (C=O) groups excluding carboxylic acids is 1. The zero-order valence-corrected chi connectivity index (χ0v) is 12.5. The highest BCUT2D eigenvalue weighted by Crippen LogP contribution is 2.23. The zero-order chi connectivity index (χ0) is 14.5. The van der Waals surface area contributed by atoms with Crippen LogP contribution in [0, 0.1) is 6.92 Å². The predicted octanol–water partition coefficient (Wildman–Crippen LogP) is 3.08. The molecule has 2 rings (SSSR count). The van der Waals surface area contributed by atoms with Crippen LogP contribution in [0.4, 0.5) is 0 Å². The van der Waals surface area contributed by atoms with E-state index in [9.17, 15) is 9.90 Å². The monoisotopic (exact) mass is 289 g/mol. The van der Waals surface area contributed by atoms with E-state index in [4.69, 9.17) is 0 Å². The standard InChI is InChI=1S/C16H19NO2S/c1-3-14-11(2)9-15(20-14)16(19)17-13(10-18)12-7-5-4-6-8-12/h4-9,13,18H,3,10H2,1-2H3,(H,17,19)/t13-/m1/s1. The lowest BCUT2D eigenvalue weighted by atomic mass is 10.1. The number of nitrogens with one attached hydrogen (secondary N) is 1. The van der Waals surface area contributed by atoms with Gasteiger partial charge in [-0.2, -0.15) is 0 Å². The first-order chi connectivity index (χ1) is 9.65. The van der Waals surface area contributed by atoms with Crippen molar-refractivity contribution in [2.45, 2.75) is 26.3 Å². The Balaban J connectivity index is 2.13. The van der Waals surface area contributed by atoms with E-state index >= 15 is 0 Å². The van der Waals surface area contributed by atoms with E-state index in [1.54, 1.807) is 0 Å². The molecule has 0 spiro atoms. The van der Waals surface area contributed by atoms with Crippen LogP contribution in [0.1, 0.15) is 38.6 Å². The topological polar surface area (TPSA) is 49.3 Å². The summed E-state index contributed by atoms with van der Waals surface area (Å²) in [6, 6.07) is 11.1. The lowest BCUT2D eigenvalue weighted by Gasteiger charge is -2.16. The van der Waals surface area contributed by atoms with Gasteiger partial charge in [-0.3, -0.25) is 4.79 Å². The number of amides is 1. The van der Waals surface area contributed by atoms with Gasteiger partial charge in [0.05, 0.1) is 17.5 Å². The highest BCUT2D eigenvalue weighted by Gasteiger charge is 2.17. The average molecular weight is 289 g/mol. The Bertz CT molecular complexity index is 577. The summed E-state index contributed by atoms with van der Waals surface area (Å²) in [5, 5.41) is 12.4. The number of aliphatic hydroxyl groups excluding tert-OH is 1. The average Bonchev–Trinajstić information content (AvgIpc) is 2.86. The molecule has 0 unspecified atom stereocenters. The van der Waals surface area contributed by atoms with Crippen LogP contribution in [-0.4, -0.2) is 17.6 Å². The number of hydrogen-bond acceptors (Lipinski definition) is 3. The van der Waals surface area contributed by atoms with E-state index in [0.29, 0.717) is 4.88 Å². The lowest BCUT2D eigenvalue weighted by Crippen LogP contribution is -2.30. The van der Waals surface area contributed by atoms with Crippen LogP contribution in [0.25, 0.3) is 0 Å². The second-order valence-electron chi connectivity index (χ2n) is 4.69. The van der Waals surface area contributed by atoms with Crippen LogP contribution in [-0.2, 0) is 6.42 Å². The van der Waals surface area contributed by atoms with Crippen molar-refractivity contribution < 1.29 is 9.90 Å². The van der Waals surface area contributed by atoms with Crippen LogP contribution in [0.15, 0.2) is 36.4 Å². The Morgan fingerprint density at radius 2 is 2.05 bits per heavy atom. The fourth-order valence-electron chi connectivity index (χ4n) is 2.13. The van der Waals surface area contributed by atoms with Crippen molar-refractivity contribution in [3.8, 4) is 0 Å². The molecule has 1 aromatic carbocycles. The van der Waals surface area contributed by atoms with Gasteiger partial charge in [0.15, 0.2) is 0 Å². The van der Waals surface area contributed by atoms with Crippen LogP contribution in [0.2, 0.25) is 0 Å². The molecule has 0 aliphatic rings. The minimum absolute atomic E-state index is 0.110. The van der Waals surface area contributed by atoms with Crippen molar-refractivity contribution in [1.29, 1.82) is 0 Å². The molecule has 0 bridgehead atoms. The third kappa shape index (κ3) is 3.26. The third-order valence-corrected chi connectivity index (χ3v) is 4.64. The predicted molar refractivity (Wildman–Crippen MR) is 82.2 cm³/mol. The molecular formula is C16H19NO2S. The molecule has 1 atom stereocenters. The third-order valence-electron chi connectivity index (χ3n) is 3.26. The molecule has 3 nitrogen and oxygen atoms in total. The largest absolute Gasteiger partial charge is 0.394 e. The summed E-state index contributed by atoms with van der Waals surface area (Å²) >= 11 is 1.52. The second kappa shape index (κ2) is 6.68. The van der Waals surface area contributed by atoms with Gasteiger partial charge in [-0.1, -0.05) is 37.3 Å². The number of carbonyl (C=O) groups is 1. The summed E-state index contributed by atoms with van der Waals surface area (Å²) in [5.74, 6) is -0.124. The van der Waals surface area contributed by atoms with E-state index in [1.807, 2.05) is 43.3 Å². The molecule has 0 radical (unpaired) electrons. The number of benzene rings is 1. The molecule has 2 N–H and O–H groups in total. The minimum atomic E-state index is -0.365. The van der Waals surface area contributed by atoms with Gasteiger partial charge >= 0.3 is 0 Å². The van der Waals surface area contributed by atoms with Gasteiger partial charge in [-0.25, -0.2) is 0 Å². The minimum Gasteiger partial charge on any atom is -0.394 e. The van der Waals surface area contributed by atoms with Crippen molar-refractivity contribution in [1.82, 2.24) is 5.32 Å². The molecule has 1 heterocycles. The van der Waals surface area contributed by atoms with E-state index in [0.717, 1.165) is 17.5 Å². The molecule has 4 heteroatoms.